The minimum Gasteiger partial charge on any atom is -0.379 e. The van der Waals surface area contributed by atoms with Gasteiger partial charge in [0.15, 0.2) is 11.6 Å². The van der Waals surface area contributed by atoms with E-state index in [4.69, 9.17) is 9.72 Å². The summed E-state index contributed by atoms with van der Waals surface area (Å²) in [5.74, 6) is 1.18. The Morgan fingerprint density at radius 3 is 2.89 bits per heavy atom. The maximum Gasteiger partial charge on any atom is 0.238 e. The normalized spacial score (nSPS) is 14.4. The number of amides is 1. The summed E-state index contributed by atoms with van der Waals surface area (Å²) in [5, 5.41) is 19.1. The molecule has 0 spiro atoms. The first-order chi connectivity index (χ1) is 17.2. The molecule has 35 heavy (non-hydrogen) atoms. The Kier molecular flexibility index (Phi) is 5.57. The van der Waals surface area contributed by atoms with Crippen LogP contribution in [0.3, 0.4) is 0 Å². The molecule has 1 aliphatic rings. The number of rotatable bonds is 6. The molecule has 4 heterocycles. The van der Waals surface area contributed by atoms with Crippen molar-refractivity contribution in [1.82, 2.24) is 29.7 Å². The number of hydrogen-bond acceptors (Lipinski definition) is 7. The van der Waals surface area contributed by atoms with Crippen LogP contribution in [0.1, 0.15) is 0 Å². The van der Waals surface area contributed by atoms with E-state index < -0.39 is 0 Å². The summed E-state index contributed by atoms with van der Waals surface area (Å²) in [6.07, 6.45) is 3.68. The van der Waals surface area contributed by atoms with Crippen LogP contribution in [0, 0.1) is 0 Å². The van der Waals surface area contributed by atoms with Crippen LogP contribution < -0.4 is 10.6 Å². The molecule has 0 saturated carbocycles. The Labute approximate surface area is 200 Å². The molecule has 2 aromatic carbocycles. The highest BCUT2D eigenvalue weighted by Gasteiger charge is 2.15. The average molecular weight is 469 g/mol. The number of anilines is 3. The second kappa shape index (κ2) is 9.16. The molecule has 1 amide bonds. The van der Waals surface area contributed by atoms with E-state index in [9.17, 15) is 4.79 Å². The van der Waals surface area contributed by atoms with Crippen LogP contribution >= 0.6 is 0 Å². The molecule has 3 aromatic heterocycles. The number of ether oxygens (including phenoxy) is 1. The molecule has 1 aliphatic heterocycles. The number of nitrogens with one attached hydrogen (secondary N) is 3. The molecule has 6 rings (SSSR count). The zero-order valence-corrected chi connectivity index (χ0v) is 18.9. The zero-order chi connectivity index (χ0) is 23.6. The molecular weight excluding hydrogens is 444 g/mol. The number of aromatic amines is 1. The van der Waals surface area contributed by atoms with Gasteiger partial charge in [0.2, 0.25) is 5.91 Å². The van der Waals surface area contributed by atoms with Gasteiger partial charge in [0.05, 0.1) is 31.5 Å². The Morgan fingerprint density at radius 2 is 1.97 bits per heavy atom. The Balaban J connectivity index is 1.26. The number of H-pyrrole nitrogens is 1. The van der Waals surface area contributed by atoms with Crippen molar-refractivity contribution in [3.8, 4) is 11.4 Å². The SMILES string of the molecule is O=C(CN1CCOCC1)Nc1cccc(-c2nc(Nc3ccc4[nH]ncc4c3)c3cccn3n2)c1. The molecular formula is C25H24N8O2. The average Bonchev–Trinajstić information content (AvgIpc) is 3.54. The first-order valence-electron chi connectivity index (χ1n) is 11.5. The maximum absolute atomic E-state index is 12.6. The van der Waals surface area contributed by atoms with Gasteiger partial charge in [0.25, 0.3) is 0 Å². The topological polar surface area (TPSA) is 112 Å². The second-order valence-electron chi connectivity index (χ2n) is 8.44. The molecule has 1 saturated heterocycles. The monoisotopic (exact) mass is 468 g/mol. The van der Waals surface area contributed by atoms with Crippen LogP contribution in [0.25, 0.3) is 27.8 Å². The van der Waals surface area contributed by atoms with Crippen molar-refractivity contribution in [3.63, 3.8) is 0 Å². The standard InChI is InChI=1S/C25H24N8O2/c34-23(16-32-9-11-35-12-10-32)27-19-4-1-3-17(13-19)24-29-25(22-5-2-8-33(22)31-24)28-20-6-7-21-18(14-20)15-26-30-21/h1-8,13-15H,9-12,16H2,(H,26,30)(H,27,34)(H,28,29,31). The predicted octanol–water partition coefficient (Wildman–Crippen LogP) is 3.29. The van der Waals surface area contributed by atoms with Crippen molar-refractivity contribution >= 4 is 39.5 Å². The van der Waals surface area contributed by atoms with E-state index in [2.05, 4.69) is 30.8 Å². The number of fused-ring (bicyclic) bond motifs is 2. The number of benzene rings is 2. The third-order valence-electron chi connectivity index (χ3n) is 5.97. The van der Waals surface area contributed by atoms with E-state index in [1.165, 1.54) is 0 Å². The Morgan fingerprint density at radius 1 is 1.06 bits per heavy atom. The van der Waals surface area contributed by atoms with E-state index in [-0.39, 0.29) is 5.91 Å². The van der Waals surface area contributed by atoms with E-state index >= 15 is 0 Å². The van der Waals surface area contributed by atoms with Crippen LogP contribution in [0.2, 0.25) is 0 Å². The van der Waals surface area contributed by atoms with Crippen LogP contribution in [0.4, 0.5) is 17.2 Å². The van der Waals surface area contributed by atoms with Gasteiger partial charge in [0.1, 0.15) is 5.52 Å². The minimum absolute atomic E-state index is 0.0529. The van der Waals surface area contributed by atoms with Gasteiger partial charge in [-0.2, -0.15) is 5.10 Å². The summed E-state index contributed by atoms with van der Waals surface area (Å²) in [4.78, 5) is 19.5. The van der Waals surface area contributed by atoms with Crippen LogP contribution in [0.15, 0.2) is 67.0 Å². The van der Waals surface area contributed by atoms with Gasteiger partial charge in [-0.3, -0.25) is 14.8 Å². The molecule has 0 atom stereocenters. The number of carbonyl (C=O) groups is 1. The van der Waals surface area contributed by atoms with E-state index in [1.807, 2.05) is 60.8 Å². The van der Waals surface area contributed by atoms with E-state index in [0.29, 0.717) is 37.1 Å². The molecule has 0 bridgehead atoms. The third-order valence-corrected chi connectivity index (χ3v) is 5.97. The molecule has 0 radical (unpaired) electrons. The second-order valence-corrected chi connectivity index (χ2v) is 8.44. The summed E-state index contributed by atoms with van der Waals surface area (Å²) in [5.41, 5.74) is 4.24. The van der Waals surface area contributed by atoms with Gasteiger partial charge in [0, 0.05) is 41.6 Å². The molecule has 0 aliphatic carbocycles. The van der Waals surface area contributed by atoms with Gasteiger partial charge >= 0.3 is 0 Å². The van der Waals surface area contributed by atoms with Crippen LogP contribution in [-0.2, 0) is 9.53 Å². The lowest BCUT2D eigenvalue weighted by atomic mass is 10.2. The summed E-state index contributed by atoms with van der Waals surface area (Å²) in [7, 11) is 0. The summed E-state index contributed by atoms with van der Waals surface area (Å²) in [6, 6.07) is 17.5. The van der Waals surface area contributed by atoms with Gasteiger partial charge in [-0.25, -0.2) is 9.50 Å². The number of aromatic nitrogens is 5. The molecule has 10 heteroatoms. The first kappa shape index (κ1) is 21.3. The minimum atomic E-state index is -0.0529. The quantitative estimate of drug-likeness (QED) is 0.351. The Bertz CT molecular complexity index is 1500. The Hall–Kier alpha value is -4.28. The molecule has 3 N–H and O–H groups in total. The first-order valence-corrected chi connectivity index (χ1v) is 11.5. The van der Waals surface area contributed by atoms with Gasteiger partial charge in [-0.05, 0) is 42.5 Å². The fourth-order valence-electron chi connectivity index (χ4n) is 4.20. The smallest absolute Gasteiger partial charge is 0.238 e. The predicted molar refractivity (Wildman–Crippen MR) is 134 cm³/mol. The largest absolute Gasteiger partial charge is 0.379 e. The van der Waals surface area contributed by atoms with Crippen molar-refractivity contribution in [2.75, 3.05) is 43.5 Å². The van der Waals surface area contributed by atoms with Crippen molar-refractivity contribution in [3.05, 3.63) is 67.0 Å². The van der Waals surface area contributed by atoms with Crippen molar-refractivity contribution in [2.24, 2.45) is 0 Å². The molecule has 10 nitrogen and oxygen atoms in total. The van der Waals surface area contributed by atoms with Gasteiger partial charge in [-0.15, -0.1) is 5.10 Å². The summed E-state index contributed by atoms with van der Waals surface area (Å²) >= 11 is 0. The summed E-state index contributed by atoms with van der Waals surface area (Å²) in [6.45, 7) is 3.19. The molecule has 176 valence electrons. The van der Waals surface area contributed by atoms with E-state index in [0.717, 1.165) is 40.8 Å². The lowest BCUT2D eigenvalue weighted by Gasteiger charge is -2.25. The molecule has 0 unspecified atom stereocenters. The highest BCUT2D eigenvalue weighted by atomic mass is 16.5. The molecule has 5 aromatic rings. The number of morpholine rings is 1. The van der Waals surface area contributed by atoms with Crippen molar-refractivity contribution < 1.29 is 9.53 Å². The third kappa shape index (κ3) is 4.57. The number of hydrogen-bond donors (Lipinski definition) is 3. The zero-order valence-electron chi connectivity index (χ0n) is 18.9. The van der Waals surface area contributed by atoms with Crippen LogP contribution in [0.5, 0.6) is 0 Å². The highest BCUT2D eigenvalue weighted by Crippen LogP contribution is 2.26. The lowest BCUT2D eigenvalue weighted by molar-refractivity contribution is -0.118. The number of carbonyl (C=O) groups excluding carboxylic acids is 1. The van der Waals surface area contributed by atoms with Crippen LogP contribution in [-0.4, -0.2) is 68.5 Å². The van der Waals surface area contributed by atoms with E-state index in [1.54, 1.807) is 10.7 Å². The lowest BCUT2D eigenvalue weighted by Crippen LogP contribution is -2.41. The molecule has 1 fully saturated rings. The summed E-state index contributed by atoms with van der Waals surface area (Å²) < 4.78 is 7.15. The number of nitrogens with zero attached hydrogens (tertiary/aromatic N) is 5. The van der Waals surface area contributed by atoms with Gasteiger partial charge in [-0.1, -0.05) is 12.1 Å². The van der Waals surface area contributed by atoms with Crippen molar-refractivity contribution in [2.45, 2.75) is 0 Å². The fourth-order valence-corrected chi connectivity index (χ4v) is 4.20. The maximum atomic E-state index is 12.6. The highest BCUT2D eigenvalue weighted by molar-refractivity contribution is 5.93. The van der Waals surface area contributed by atoms with Crippen molar-refractivity contribution in [1.29, 1.82) is 0 Å². The fraction of sp³-hybridized carbons (Fsp3) is 0.200. The van der Waals surface area contributed by atoms with Gasteiger partial charge < -0.3 is 15.4 Å².